The molecule has 1 aliphatic rings. The standard InChI is InChI=1S/C34H23Cl2FN2O5S/c1-2-41-28-13-19(5-12-26(28)42-17-18-3-7-21(37)8-4-18)30-23-11-9-22(15-27(23)44-33(39)25(30)16-38)43-34(40)32-31(36)24-10-6-20(35)14-29(24)45-32/h3-15,30H,2,17,39H2,1H3. The third-order valence-corrected chi connectivity index (χ3v) is 8.96. The fraction of sp³-hybridized carbons (Fsp3) is 0.118. The molecule has 45 heavy (non-hydrogen) atoms. The summed E-state index contributed by atoms with van der Waals surface area (Å²) in [5, 5.41) is 11.6. The van der Waals surface area contributed by atoms with Gasteiger partial charge in [-0.1, -0.05) is 53.5 Å². The van der Waals surface area contributed by atoms with E-state index in [2.05, 4.69) is 6.07 Å². The van der Waals surface area contributed by atoms with Crippen molar-refractivity contribution in [3.8, 4) is 29.1 Å². The van der Waals surface area contributed by atoms with Gasteiger partial charge in [-0.2, -0.15) is 5.26 Å². The van der Waals surface area contributed by atoms with Gasteiger partial charge in [0.1, 0.15) is 40.4 Å². The summed E-state index contributed by atoms with van der Waals surface area (Å²) in [6, 6.07) is 23.6. The predicted molar refractivity (Wildman–Crippen MR) is 171 cm³/mol. The first-order valence-electron chi connectivity index (χ1n) is 13.7. The number of hydrogen-bond acceptors (Lipinski definition) is 8. The van der Waals surface area contributed by atoms with Crippen LogP contribution in [0.4, 0.5) is 4.39 Å². The van der Waals surface area contributed by atoms with Crippen LogP contribution in [0.15, 0.2) is 90.3 Å². The highest BCUT2D eigenvalue weighted by molar-refractivity contribution is 7.21. The number of nitriles is 1. The Labute approximate surface area is 271 Å². The maximum Gasteiger partial charge on any atom is 0.355 e. The van der Waals surface area contributed by atoms with E-state index in [0.29, 0.717) is 45.4 Å². The number of allylic oxidation sites excluding steroid dienone is 1. The SMILES string of the molecule is CCOc1cc(C2C(C#N)=C(N)Oc3cc(OC(=O)c4sc5cc(Cl)ccc5c4Cl)ccc32)ccc1OCc1ccc(F)cc1. The second-order valence-corrected chi connectivity index (χ2v) is 11.8. The first-order valence-corrected chi connectivity index (χ1v) is 15.3. The van der Waals surface area contributed by atoms with Gasteiger partial charge in [-0.3, -0.25) is 0 Å². The molecule has 2 N–H and O–H groups in total. The summed E-state index contributed by atoms with van der Waals surface area (Å²) in [7, 11) is 0. The first kappa shape index (κ1) is 30.3. The fourth-order valence-electron chi connectivity index (χ4n) is 5.00. The topological polar surface area (TPSA) is 104 Å². The van der Waals surface area contributed by atoms with Crippen molar-refractivity contribution in [2.45, 2.75) is 19.4 Å². The Balaban J connectivity index is 1.29. The Bertz CT molecular complexity index is 2020. The van der Waals surface area contributed by atoms with E-state index in [1.807, 2.05) is 13.0 Å². The zero-order valence-corrected chi connectivity index (χ0v) is 25.9. The van der Waals surface area contributed by atoms with E-state index in [0.717, 1.165) is 10.3 Å². The van der Waals surface area contributed by atoms with E-state index in [9.17, 15) is 14.4 Å². The monoisotopic (exact) mass is 660 g/mol. The number of carbonyl (C=O) groups excluding carboxylic acids is 1. The number of esters is 1. The molecule has 4 aromatic carbocycles. The van der Waals surface area contributed by atoms with Crippen molar-refractivity contribution in [1.29, 1.82) is 5.26 Å². The summed E-state index contributed by atoms with van der Waals surface area (Å²) in [6.07, 6.45) is 0. The molecule has 0 radical (unpaired) electrons. The Hall–Kier alpha value is -4.75. The van der Waals surface area contributed by atoms with Crippen LogP contribution in [-0.2, 0) is 6.61 Å². The Morgan fingerprint density at radius 2 is 1.82 bits per heavy atom. The molecule has 0 bridgehead atoms. The molecule has 0 saturated heterocycles. The largest absolute Gasteiger partial charge is 0.490 e. The van der Waals surface area contributed by atoms with E-state index in [1.165, 1.54) is 23.5 Å². The Morgan fingerprint density at radius 3 is 2.58 bits per heavy atom. The zero-order chi connectivity index (χ0) is 31.7. The van der Waals surface area contributed by atoms with Gasteiger partial charge in [0.05, 0.1) is 17.5 Å². The number of carbonyl (C=O) groups is 1. The number of ether oxygens (including phenoxy) is 4. The lowest BCUT2D eigenvalue weighted by Gasteiger charge is -2.27. The molecule has 5 aromatic rings. The average Bonchev–Trinajstić information content (AvgIpc) is 3.35. The molecule has 1 atom stereocenters. The van der Waals surface area contributed by atoms with Crippen LogP contribution in [-0.4, -0.2) is 12.6 Å². The number of thiophene rings is 1. The van der Waals surface area contributed by atoms with Crippen molar-refractivity contribution in [1.82, 2.24) is 0 Å². The van der Waals surface area contributed by atoms with Crippen LogP contribution in [0.3, 0.4) is 0 Å². The molecule has 226 valence electrons. The van der Waals surface area contributed by atoms with Gasteiger partial charge in [-0.25, -0.2) is 9.18 Å². The molecule has 7 nitrogen and oxygen atoms in total. The summed E-state index contributed by atoms with van der Waals surface area (Å²) in [4.78, 5) is 13.3. The third kappa shape index (κ3) is 6.13. The van der Waals surface area contributed by atoms with Crippen molar-refractivity contribution >= 4 is 50.6 Å². The van der Waals surface area contributed by atoms with Crippen molar-refractivity contribution in [3.63, 3.8) is 0 Å². The predicted octanol–water partition coefficient (Wildman–Crippen LogP) is 8.76. The van der Waals surface area contributed by atoms with Crippen LogP contribution in [0.1, 0.15) is 39.2 Å². The molecule has 0 aliphatic carbocycles. The normalized spacial score (nSPS) is 14.0. The highest BCUT2D eigenvalue weighted by Gasteiger charge is 2.32. The number of halogens is 3. The van der Waals surface area contributed by atoms with Crippen LogP contribution < -0.4 is 24.7 Å². The number of nitrogens with zero attached hydrogens (tertiary/aromatic N) is 1. The lowest BCUT2D eigenvalue weighted by Crippen LogP contribution is -2.21. The zero-order valence-electron chi connectivity index (χ0n) is 23.6. The van der Waals surface area contributed by atoms with Crippen LogP contribution in [0.5, 0.6) is 23.0 Å². The van der Waals surface area contributed by atoms with Crippen molar-refractivity contribution < 1.29 is 28.1 Å². The minimum atomic E-state index is -0.636. The molecular weight excluding hydrogens is 638 g/mol. The number of hydrogen-bond donors (Lipinski definition) is 1. The van der Waals surface area contributed by atoms with Gasteiger partial charge in [0, 0.05) is 26.7 Å². The molecule has 1 aromatic heterocycles. The molecule has 1 aliphatic heterocycles. The van der Waals surface area contributed by atoms with Crippen molar-refractivity contribution in [2.75, 3.05) is 6.61 Å². The van der Waals surface area contributed by atoms with Crippen molar-refractivity contribution in [2.24, 2.45) is 5.73 Å². The minimum Gasteiger partial charge on any atom is -0.490 e. The molecule has 1 unspecified atom stereocenters. The Kier molecular flexibility index (Phi) is 8.55. The Morgan fingerprint density at radius 1 is 1.02 bits per heavy atom. The summed E-state index contributed by atoms with van der Waals surface area (Å²) >= 11 is 13.8. The molecule has 0 saturated carbocycles. The van der Waals surface area contributed by atoms with Crippen LogP contribution in [0.25, 0.3) is 10.1 Å². The van der Waals surface area contributed by atoms with Gasteiger partial charge in [0.25, 0.3) is 0 Å². The highest BCUT2D eigenvalue weighted by Crippen LogP contribution is 2.45. The van der Waals surface area contributed by atoms with Crippen LogP contribution in [0, 0.1) is 17.1 Å². The quantitative estimate of drug-likeness (QED) is 0.131. The maximum absolute atomic E-state index is 13.3. The molecule has 0 spiro atoms. The number of nitrogens with two attached hydrogens (primary N) is 1. The van der Waals surface area contributed by atoms with Gasteiger partial charge in [-0.05, 0) is 60.5 Å². The fourth-order valence-corrected chi connectivity index (χ4v) is 6.66. The second kappa shape index (κ2) is 12.7. The van der Waals surface area contributed by atoms with Crippen LogP contribution in [0.2, 0.25) is 10.0 Å². The van der Waals surface area contributed by atoms with E-state index < -0.39 is 11.9 Å². The number of rotatable bonds is 8. The molecule has 0 amide bonds. The first-order chi connectivity index (χ1) is 21.7. The highest BCUT2D eigenvalue weighted by atomic mass is 35.5. The lowest BCUT2D eigenvalue weighted by atomic mass is 9.83. The third-order valence-electron chi connectivity index (χ3n) is 7.09. The molecule has 11 heteroatoms. The second-order valence-electron chi connectivity index (χ2n) is 9.95. The van der Waals surface area contributed by atoms with Gasteiger partial charge >= 0.3 is 5.97 Å². The van der Waals surface area contributed by atoms with Crippen LogP contribution >= 0.6 is 34.5 Å². The molecule has 0 fully saturated rings. The van der Waals surface area contributed by atoms with E-state index in [1.54, 1.807) is 60.7 Å². The molecule has 2 heterocycles. The van der Waals surface area contributed by atoms with Gasteiger partial charge in [-0.15, -0.1) is 11.3 Å². The van der Waals surface area contributed by atoms with E-state index >= 15 is 0 Å². The minimum absolute atomic E-state index is 0.0718. The number of fused-ring (bicyclic) bond motifs is 2. The summed E-state index contributed by atoms with van der Waals surface area (Å²) < 4.78 is 37.4. The summed E-state index contributed by atoms with van der Waals surface area (Å²) in [5.41, 5.74) is 8.56. The van der Waals surface area contributed by atoms with Gasteiger partial charge in [0.15, 0.2) is 11.5 Å². The van der Waals surface area contributed by atoms with Crippen molar-refractivity contribution in [3.05, 3.63) is 128 Å². The maximum atomic E-state index is 13.3. The number of benzene rings is 4. The summed E-state index contributed by atoms with van der Waals surface area (Å²) in [6.45, 7) is 2.43. The smallest absolute Gasteiger partial charge is 0.355 e. The van der Waals surface area contributed by atoms with E-state index in [-0.39, 0.29) is 39.5 Å². The average molecular weight is 662 g/mol. The van der Waals surface area contributed by atoms with Gasteiger partial charge in [0.2, 0.25) is 5.88 Å². The van der Waals surface area contributed by atoms with Gasteiger partial charge < -0.3 is 24.7 Å². The lowest BCUT2D eigenvalue weighted by molar-refractivity contribution is 0.0739. The summed E-state index contributed by atoms with van der Waals surface area (Å²) in [5.74, 6) is -0.156. The molecular formula is C34H23Cl2FN2O5S. The molecule has 6 rings (SSSR count). The van der Waals surface area contributed by atoms with E-state index in [4.69, 9.17) is 47.9 Å².